The van der Waals surface area contributed by atoms with Crippen molar-refractivity contribution >= 4 is 15.9 Å². The zero-order chi connectivity index (χ0) is 34.3. The number of hydrogen-bond acceptors (Lipinski definition) is 5. The highest BCUT2D eigenvalue weighted by atomic mass is 79.9. The molecule has 0 saturated carbocycles. The third kappa shape index (κ3) is 16.7. The van der Waals surface area contributed by atoms with Crippen molar-refractivity contribution in [1.29, 1.82) is 0 Å². The maximum Gasteiger partial charge on any atom is 0.136 e. The Bertz CT molecular complexity index is 1260. The first-order valence-corrected chi connectivity index (χ1v) is 18.3. The highest BCUT2D eigenvalue weighted by molar-refractivity contribution is 9.09. The topological polar surface area (TPSA) is 40.2 Å². The third-order valence-electron chi connectivity index (χ3n) is 6.45. The lowest BCUT2D eigenvalue weighted by molar-refractivity contribution is 0.299. The summed E-state index contributed by atoms with van der Waals surface area (Å²) in [5, 5.41) is 0.899. The predicted octanol–water partition coefficient (Wildman–Crippen LogP) is 10.1. The average Bonchev–Trinajstić information content (AvgIpc) is 3.00. The summed E-state index contributed by atoms with van der Waals surface area (Å²) in [6, 6.07) is 8.13. The second-order valence-electron chi connectivity index (χ2n) is 12.4. The molecule has 6 heteroatoms. The lowest BCUT2D eigenvalue weighted by atomic mass is 9.99. The van der Waals surface area contributed by atoms with E-state index in [1.165, 1.54) is 0 Å². The van der Waals surface area contributed by atoms with E-state index >= 15 is 0 Å². The molecule has 2 aromatic carbocycles. The zero-order valence-corrected chi connectivity index (χ0v) is 32.0. The van der Waals surface area contributed by atoms with E-state index < -0.39 is 0 Å². The molecule has 0 amide bonds. The molecule has 0 spiro atoms. The summed E-state index contributed by atoms with van der Waals surface area (Å²) in [5.41, 5.74) is 3.55. The van der Waals surface area contributed by atoms with Crippen molar-refractivity contribution in [3.8, 4) is 46.7 Å². The van der Waals surface area contributed by atoms with Crippen LogP contribution in [0.25, 0.3) is 0 Å². The summed E-state index contributed by atoms with van der Waals surface area (Å²) in [6.45, 7) is 17.6. The van der Waals surface area contributed by atoms with Crippen LogP contribution in [0.15, 0.2) is 24.3 Å². The molecule has 0 aliphatic carbocycles. The lowest BCUT2D eigenvalue weighted by Crippen LogP contribution is -2.05. The van der Waals surface area contributed by atoms with Gasteiger partial charge in [-0.15, -0.1) is 0 Å². The second-order valence-corrected chi connectivity index (χ2v) is 13.2. The molecular formula is C40H60BrNO4. The van der Waals surface area contributed by atoms with Crippen LogP contribution in [0.4, 0.5) is 0 Å². The van der Waals surface area contributed by atoms with E-state index in [-0.39, 0.29) is 5.92 Å². The number of unbranched alkanes of at least 4 members (excludes halogenated alkanes) is 3. The highest BCUT2D eigenvalue weighted by Crippen LogP contribution is 2.35. The summed E-state index contributed by atoms with van der Waals surface area (Å²) >= 11 is 3.51. The van der Waals surface area contributed by atoms with Crippen molar-refractivity contribution in [2.24, 2.45) is 5.92 Å². The van der Waals surface area contributed by atoms with Crippen molar-refractivity contribution in [2.45, 2.75) is 99.3 Å². The van der Waals surface area contributed by atoms with Gasteiger partial charge < -0.3 is 23.8 Å². The number of rotatable bonds is 17. The molecule has 0 radical (unpaired) electrons. The van der Waals surface area contributed by atoms with Crippen LogP contribution < -0.4 is 18.9 Å². The maximum absolute atomic E-state index is 6.27. The van der Waals surface area contributed by atoms with Gasteiger partial charge in [0, 0.05) is 28.9 Å². The Kier molecular flexibility index (Phi) is 21.9. The molecule has 0 N–H and O–H groups in total. The molecule has 0 aliphatic heterocycles. The fraction of sp³-hybridized carbons (Fsp3) is 0.600. The van der Waals surface area contributed by atoms with Crippen LogP contribution in [0, 0.1) is 29.6 Å². The Labute approximate surface area is 290 Å². The molecule has 0 atom stereocenters. The van der Waals surface area contributed by atoms with Crippen LogP contribution in [-0.2, 0) is 0 Å². The van der Waals surface area contributed by atoms with E-state index in [0.29, 0.717) is 32.3 Å². The first-order valence-electron chi connectivity index (χ1n) is 17.1. The van der Waals surface area contributed by atoms with Crippen molar-refractivity contribution in [1.82, 2.24) is 4.90 Å². The van der Waals surface area contributed by atoms with Crippen LogP contribution in [0.3, 0.4) is 0 Å². The summed E-state index contributed by atoms with van der Waals surface area (Å²) in [6.07, 6.45) is 7.04. The maximum atomic E-state index is 6.27. The van der Waals surface area contributed by atoms with E-state index in [0.717, 1.165) is 95.5 Å². The minimum atomic E-state index is 0.253. The monoisotopic (exact) mass is 697 g/mol. The van der Waals surface area contributed by atoms with Gasteiger partial charge >= 0.3 is 0 Å². The standard InChI is InChI=1S/C37H51BrO4.C3H9N/c1-8-11-20-39-34-25-31(35(40-21-12-9-2)24-30(34)16-15-28(4)5)17-18-32-26-37(42-23-14-19-38)33(29(6)7)27-36(32)41-22-13-10-3;1-4(2)3/h24-29H,8-14,19-23H2,1-7H3;1-3H3. The van der Waals surface area contributed by atoms with Crippen LogP contribution in [0.2, 0.25) is 0 Å². The number of nitrogens with zero attached hydrogens (tertiary/aromatic N) is 1. The summed E-state index contributed by atoms with van der Waals surface area (Å²) < 4.78 is 25.0. The average molecular weight is 699 g/mol. The van der Waals surface area contributed by atoms with Gasteiger partial charge in [0.15, 0.2) is 0 Å². The number of benzene rings is 2. The first-order chi connectivity index (χ1) is 22.1. The number of ether oxygens (including phenoxy) is 4. The molecule has 2 rings (SSSR count). The summed E-state index contributed by atoms with van der Waals surface area (Å²) in [7, 11) is 6.00. The van der Waals surface area contributed by atoms with Crippen LogP contribution >= 0.6 is 15.9 Å². The van der Waals surface area contributed by atoms with Gasteiger partial charge in [-0.3, -0.25) is 0 Å². The smallest absolute Gasteiger partial charge is 0.136 e. The third-order valence-corrected chi connectivity index (χ3v) is 7.01. The molecule has 46 heavy (non-hydrogen) atoms. The van der Waals surface area contributed by atoms with Crippen molar-refractivity contribution < 1.29 is 18.9 Å². The van der Waals surface area contributed by atoms with Gasteiger partial charge in [-0.05, 0) is 64.9 Å². The molecule has 0 bridgehead atoms. The Morgan fingerprint density at radius 1 is 0.587 bits per heavy atom. The molecule has 5 nitrogen and oxygen atoms in total. The highest BCUT2D eigenvalue weighted by Gasteiger charge is 2.15. The SMILES string of the molecule is CCCCOc1cc(C#CC(C)C)c(OCCCC)cc1C#Cc1cc(OCCCBr)c(C(C)C)cc1OCCCC.CN(C)C. The molecule has 0 fully saturated rings. The van der Waals surface area contributed by atoms with Gasteiger partial charge in [0.05, 0.1) is 43.1 Å². The van der Waals surface area contributed by atoms with E-state index in [4.69, 9.17) is 18.9 Å². The minimum absolute atomic E-state index is 0.253. The van der Waals surface area contributed by atoms with E-state index in [1.54, 1.807) is 0 Å². The van der Waals surface area contributed by atoms with Gasteiger partial charge in [0.25, 0.3) is 0 Å². The Balaban J connectivity index is 0.00000249. The zero-order valence-electron chi connectivity index (χ0n) is 30.4. The van der Waals surface area contributed by atoms with E-state index in [9.17, 15) is 0 Å². The normalized spacial score (nSPS) is 10.5. The van der Waals surface area contributed by atoms with Crippen molar-refractivity contribution in [2.75, 3.05) is 52.9 Å². The van der Waals surface area contributed by atoms with Crippen molar-refractivity contribution in [3.05, 3.63) is 46.5 Å². The first kappa shape index (κ1) is 41.2. The lowest BCUT2D eigenvalue weighted by Gasteiger charge is -2.18. The molecule has 0 heterocycles. The molecule has 0 aromatic heterocycles. The van der Waals surface area contributed by atoms with Gasteiger partial charge in [0.2, 0.25) is 0 Å². The van der Waals surface area contributed by atoms with E-state index in [2.05, 4.69) is 94.1 Å². The largest absolute Gasteiger partial charge is 0.493 e. The molecule has 2 aromatic rings. The van der Waals surface area contributed by atoms with Crippen LogP contribution in [0.1, 0.15) is 122 Å². The molecule has 0 aliphatic rings. The molecule has 0 unspecified atom stereocenters. The fourth-order valence-electron chi connectivity index (χ4n) is 3.94. The van der Waals surface area contributed by atoms with Gasteiger partial charge in [-0.2, -0.15) is 0 Å². The van der Waals surface area contributed by atoms with Crippen molar-refractivity contribution in [3.63, 3.8) is 0 Å². The Hall–Kier alpha value is -2.80. The summed E-state index contributed by atoms with van der Waals surface area (Å²) in [5.74, 6) is 17.1. The quantitative estimate of drug-likeness (QED) is 0.0935. The summed E-state index contributed by atoms with van der Waals surface area (Å²) in [4.78, 5) is 2.00. The molecular weight excluding hydrogens is 638 g/mol. The van der Waals surface area contributed by atoms with E-state index in [1.807, 2.05) is 44.2 Å². The van der Waals surface area contributed by atoms with Crippen LogP contribution in [0.5, 0.6) is 23.0 Å². The van der Waals surface area contributed by atoms with Gasteiger partial charge in [-0.1, -0.05) is 107 Å². The van der Waals surface area contributed by atoms with Gasteiger partial charge in [0.1, 0.15) is 23.0 Å². The second kappa shape index (κ2) is 24.4. The Morgan fingerprint density at radius 3 is 1.35 bits per heavy atom. The van der Waals surface area contributed by atoms with Gasteiger partial charge in [-0.25, -0.2) is 0 Å². The molecule has 256 valence electrons. The fourth-order valence-corrected chi connectivity index (χ4v) is 4.16. The Morgan fingerprint density at radius 2 is 0.957 bits per heavy atom. The van der Waals surface area contributed by atoms with Crippen LogP contribution in [-0.4, -0.2) is 57.8 Å². The number of hydrogen-bond donors (Lipinski definition) is 0. The minimum Gasteiger partial charge on any atom is -0.493 e. The molecule has 0 saturated heterocycles. The number of halogens is 1. The predicted molar refractivity (Wildman–Crippen MR) is 199 cm³/mol. The number of alkyl halides is 1.